The first-order valence-electron chi connectivity index (χ1n) is 19.1. The van der Waals surface area contributed by atoms with Crippen LogP contribution in [0.25, 0.3) is 0 Å². The molecule has 0 aromatic carbocycles. The summed E-state index contributed by atoms with van der Waals surface area (Å²) in [6.45, 7) is 2.26. The van der Waals surface area contributed by atoms with Crippen molar-refractivity contribution in [2.75, 3.05) is 19.8 Å². The van der Waals surface area contributed by atoms with Gasteiger partial charge in [0.05, 0.1) is 32.0 Å². The van der Waals surface area contributed by atoms with E-state index in [0.29, 0.717) is 12.8 Å². The summed E-state index contributed by atoms with van der Waals surface area (Å²) >= 11 is 0. The lowest BCUT2D eigenvalue weighted by atomic mass is 9.99. The number of amides is 1. The summed E-state index contributed by atoms with van der Waals surface area (Å²) < 4.78 is 5.38. The first-order valence-corrected chi connectivity index (χ1v) is 19.1. The van der Waals surface area contributed by atoms with Gasteiger partial charge in [-0.3, -0.25) is 4.79 Å². The van der Waals surface area contributed by atoms with Crippen molar-refractivity contribution in [2.45, 2.75) is 134 Å². The largest absolute Gasteiger partial charge is 0.394 e. The van der Waals surface area contributed by atoms with Gasteiger partial charge in [0.1, 0.15) is 24.4 Å². The number of hydrogen-bond acceptors (Lipinski definition) is 8. The van der Waals surface area contributed by atoms with Gasteiger partial charge < -0.3 is 40.7 Å². The van der Waals surface area contributed by atoms with E-state index in [9.17, 15) is 30.3 Å². The van der Waals surface area contributed by atoms with E-state index in [-0.39, 0.29) is 6.61 Å². The summed E-state index contributed by atoms with van der Waals surface area (Å²) in [6, 6.07) is -1.14. The third kappa shape index (κ3) is 32.2. The molecule has 0 aromatic rings. The van der Waals surface area contributed by atoms with Crippen molar-refractivity contribution >= 4 is 5.91 Å². The van der Waals surface area contributed by atoms with Crippen LogP contribution in [-0.4, -0.2) is 92.9 Å². The normalized spacial score (nSPS) is 11.7. The molecule has 58 heavy (non-hydrogen) atoms. The highest BCUT2D eigenvalue weighted by molar-refractivity contribution is 5.94. The van der Waals surface area contributed by atoms with Crippen molar-refractivity contribution in [3.8, 4) is 142 Å². The topological polar surface area (TPSA) is 160 Å². The van der Waals surface area contributed by atoms with E-state index in [0.717, 1.165) is 19.3 Å². The average Bonchev–Trinajstić information content (AvgIpc) is 3.22. The number of carbonyl (C=O) groups is 1. The highest BCUT2D eigenvalue weighted by atomic mass is 16.5. The monoisotopic (exact) mass is 781 g/mol. The van der Waals surface area contributed by atoms with Gasteiger partial charge in [0, 0.05) is 41.4 Å². The van der Waals surface area contributed by atoms with Crippen molar-refractivity contribution in [2.24, 2.45) is 0 Å². The molecule has 1 unspecified atom stereocenters. The Morgan fingerprint density at radius 3 is 1.26 bits per heavy atom. The molecule has 0 aliphatic rings. The van der Waals surface area contributed by atoms with Crippen LogP contribution in [0, 0.1) is 142 Å². The zero-order valence-corrected chi connectivity index (χ0v) is 33.3. The van der Waals surface area contributed by atoms with Crippen molar-refractivity contribution in [3.05, 3.63) is 0 Å². The molecule has 9 nitrogen and oxygen atoms in total. The lowest BCUT2D eigenvalue weighted by Crippen LogP contribution is -2.51. The van der Waals surface area contributed by atoms with Crippen LogP contribution in [0.2, 0.25) is 0 Å². The van der Waals surface area contributed by atoms with Crippen LogP contribution in [0.5, 0.6) is 0 Å². The number of aliphatic hydroxyl groups is 6. The van der Waals surface area contributed by atoms with E-state index >= 15 is 0 Å². The Morgan fingerprint density at radius 2 is 0.862 bits per heavy atom. The van der Waals surface area contributed by atoms with E-state index in [1.807, 2.05) is 0 Å². The molecule has 0 heterocycles. The van der Waals surface area contributed by atoms with Gasteiger partial charge in [-0.05, 0) is 108 Å². The molecule has 0 saturated carbocycles. The van der Waals surface area contributed by atoms with E-state index in [1.54, 1.807) is 6.92 Å². The van der Waals surface area contributed by atoms with Crippen LogP contribution in [-0.2, 0) is 9.53 Å². The summed E-state index contributed by atoms with van der Waals surface area (Å²) in [4.78, 5) is 12.5. The van der Waals surface area contributed by atoms with E-state index in [2.05, 4.69) is 154 Å². The maximum Gasteiger partial charge on any atom is 0.297 e. The number of unbranched alkanes of at least 4 members (excludes halogenated alkanes) is 11. The minimum Gasteiger partial charge on any atom is -0.394 e. The quantitative estimate of drug-likeness (QED) is 0.0607. The number of hydrogen-bond donors (Lipinski definition) is 7. The standard InChI is InChI=1S/C49H51NO8/c1-3-5-7-9-11-13-15-17-18-19-20-21-22-23-24-25-26-27-29-31-33-35-37-39-47(55)50-43(41-58-42-46(54)49(57)45(53)40-51)48(56)44(52)38-36-34-32-30-28-16-14-12-10-8-6-4-2/h43-46,48-49,51-54,56-57H,4,6,8,10,12,14,16,28,30,32,34,36,38,40-42H2,1-2H3,(H,50,55)/t43-,44+,45-,46?,48-,49-/m0/s1. The fraction of sp³-hybridized carbons (Fsp3) is 0.490. The first-order chi connectivity index (χ1) is 28.3. The fourth-order valence-electron chi connectivity index (χ4n) is 4.62. The molecule has 0 aromatic heterocycles. The molecule has 0 aliphatic heterocycles. The molecule has 0 bridgehead atoms. The molecule has 0 radical (unpaired) electrons. The molecule has 9 heteroatoms. The summed E-state index contributed by atoms with van der Waals surface area (Å²) in [5.41, 5.74) is 0. The van der Waals surface area contributed by atoms with Gasteiger partial charge in [-0.2, -0.15) is 0 Å². The van der Waals surface area contributed by atoms with Crippen molar-refractivity contribution in [1.82, 2.24) is 5.32 Å². The Kier molecular flexibility index (Phi) is 35.0. The number of ether oxygens (including phenoxy) is 1. The number of aliphatic hydroxyl groups excluding tert-OH is 6. The lowest BCUT2D eigenvalue weighted by Gasteiger charge is -2.28. The van der Waals surface area contributed by atoms with Crippen LogP contribution in [0.15, 0.2) is 0 Å². The number of rotatable bonds is 23. The second-order valence-corrected chi connectivity index (χ2v) is 12.3. The minimum absolute atomic E-state index is 0.290. The third-order valence-electron chi connectivity index (χ3n) is 7.65. The van der Waals surface area contributed by atoms with Crippen LogP contribution < -0.4 is 5.32 Å². The van der Waals surface area contributed by atoms with Gasteiger partial charge in [0.2, 0.25) is 0 Å². The van der Waals surface area contributed by atoms with Crippen molar-refractivity contribution < 1.29 is 40.2 Å². The molecule has 0 aliphatic carbocycles. The van der Waals surface area contributed by atoms with E-state index in [1.165, 1.54) is 51.4 Å². The second-order valence-electron chi connectivity index (χ2n) is 12.3. The predicted molar refractivity (Wildman–Crippen MR) is 225 cm³/mol. The zero-order chi connectivity index (χ0) is 42.7. The lowest BCUT2D eigenvalue weighted by molar-refractivity contribution is -0.121. The van der Waals surface area contributed by atoms with Gasteiger partial charge in [-0.25, -0.2) is 0 Å². The highest BCUT2D eigenvalue weighted by Crippen LogP contribution is 2.15. The molecular weight excluding hydrogens is 731 g/mol. The Bertz CT molecular complexity index is 2030. The van der Waals surface area contributed by atoms with Crippen LogP contribution >= 0.6 is 0 Å². The first kappa shape index (κ1) is 51.9. The summed E-state index contributed by atoms with van der Waals surface area (Å²) in [7, 11) is 0. The van der Waals surface area contributed by atoms with Gasteiger partial charge in [-0.15, -0.1) is 0 Å². The number of nitrogens with one attached hydrogen (secondary N) is 1. The molecular formula is C49H51NO8. The Hall–Kier alpha value is -6.09. The Morgan fingerprint density at radius 1 is 0.483 bits per heavy atom. The van der Waals surface area contributed by atoms with Gasteiger partial charge >= 0.3 is 0 Å². The molecule has 6 atom stereocenters. The van der Waals surface area contributed by atoms with E-state index < -0.39 is 55.7 Å². The van der Waals surface area contributed by atoms with Gasteiger partial charge in [-0.1, -0.05) is 89.9 Å². The summed E-state index contributed by atoms with van der Waals surface area (Å²) in [5, 5.41) is 62.5. The van der Waals surface area contributed by atoms with Crippen LogP contribution in [0.3, 0.4) is 0 Å². The van der Waals surface area contributed by atoms with Crippen LogP contribution in [0.1, 0.15) is 97.3 Å². The minimum atomic E-state index is -1.69. The molecule has 0 saturated heterocycles. The number of carbonyl (C=O) groups excluding carboxylic acids is 1. The predicted octanol–water partition coefficient (Wildman–Crippen LogP) is 1.44. The average molecular weight is 782 g/mol. The van der Waals surface area contributed by atoms with E-state index in [4.69, 9.17) is 9.84 Å². The Labute approximate surface area is 346 Å². The van der Waals surface area contributed by atoms with Crippen molar-refractivity contribution in [1.29, 1.82) is 0 Å². The van der Waals surface area contributed by atoms with Gasteiger partial charge in [0.15, 0.2) is 0 Å². The maximum absolute atomic E-state index is 12.5. The SMILES string of the molecule is CC#CC#CC#CC#CC#CC#CC#CC#CC#CC#CC#CC#CC(=O)N[C@@H](COCC(O)[C@@H](O)[C@@H](O)CO)[C@H](O)[C@H](O)CCCCCCCCCCCCCC. The molecule has 1 amide bonds. The van der Waals surface area contributed by atoms with Gasteiger partial charge in [0.25, 0.3) is 5.91 Å². The molecule has 7 N–H and O–H groups in total. The summed E-state index contributed by atoms with van der Waals surface area (Å²) in [6.07, 6.45) is 6.65. The molecule has 0 fully saturated rings. The summed E-state index contributed by atoms with van der Waals surface area (Å²) in [5.74, 6) is 58.4. The third-order valence-corrected chi connectivity index (χ3v) is 7.65. The Balaban J connectivity index is 5.06. The maximum atomic E-state index is 12.5. The fourth-order valence-corrected chi connectivity index (χ4v) is 4.62. The molecule has 0 spiro atoms. The highest BCUT2D eigenvalue weighted by Gasteiger charge is 2.29. The second kappa shape index (κ2) is 39.2. The molecule has 0 rings (SSSR count). The van der Waals surface area contributed by atoms with Crippen LogP contribution in [0.4, 0.5) is 0 Å². The zero-order valence-electron chi connectivity index (χ0n) is 33.3. The molecule has 300 valence electrons. The van der Waals surface area contributed by atoms with Crippen molar-refractivity contribution in [3.63, 3.8) is 0 Å². The smallest absolute Gasteiger partial charge is 0.297 e.